The summed E-state index contributed by atoms with van der Waals surface area (Å²) in [6, 6.07) is 9.40. The SMILES string of the molecule is CC(=O)NCCc1ccc(S(=O)(=O)N2CCc3cccc(C)c32)s1. The number of carbonyl (C=O) groups excluding carboxylic acids is 1. The molecule has 0 spiro atoms. The normalized spacial score (nSPS) is 13.8. The smallest absolute Gasteiger partial charge is 0.273 e. The van der Waals surface area contributed by atoms with Crippen LogP contribution in [-0.2, 0) is 27.7 Å². The van der Waals surface area contributed by atoms with Gasteiger partial charge in [0, 0.05) is 24.9 Å². The summed E-state index contributed by atoms with van der Waals surface area (Å²) in [4.78, 5) is 11.9. The van der Waals surface area contributed by atoms with Crippen molar-refractivity contribution in [2.45, 2.75) is 30.9 Å². The van der Waals surface area contributed by atoms with Crippen LogP contribution >= 0.6 is 11.3 Å². The van der Waals surface area contributed by atoms with Gasteiger partial charge in [0.25, 0.3) is 10.0 Å². The quantitative estimate of drug-likeness (QED) is 0.886. The number of carbonyl (C=O) groups is 1. The Morgan fingerprint density at radius 1 is 1.29 bits per heavy atom. The van der Waals surface area contributed by atoms with Crippen molar-refractivity contribution >= 4 is 33.0 Å². The molecule has 0 saturated carbocycles. The number of nitrogens with one attached hydrogen (secondary N) is 1. The van der Waals surface area contributed by atoms with Crippen molar-refractivity contribution < 1.29 is 13.2 Å². The molecular weight excluding hydrogens is 344 g/mol. The minimum absolute atomic E-state index is 0.0800. The monoisotopic (exact) mass is 364 g/mol. The maximum atomic E-state index is 13.0. The molecule has 0 saturated heterocycles. The lowest BCUT2D eigenvalue weighted by Crippen LogP contribution is -2.29. The first-order valence-corrected chi connectivity index (χ1v) is 10.1. The van der Waals surface area contributed by atoms with Gasteiger partial charge in [-0.15, -0.1) is 11.3 Å². The Kier molecular flexibility index (Phi) is 4.64. The van der Waals surface area contributed by atoms with E-state index >= 15 is 0 Å². The summed E-state index contributed by atoms with van der Waals surface area (Å²) in [5, 5.41) is 2.73. The maximum absolute atomic E-state index is 13.0. The zero-order chi connectivity index (χ0) is 17.3. The molecular formula is C17H20N2O3S2. The fraction of sp³-hybridized carbons (Fsp3) is 0.353. The second-order valence-corrected chi connectivity index (χ2v) is 9.12. The Bertz CT molecular complexity index is 872. The lowest BCUT2D eigenvalue weighted by Gasteiger charge is -2.20. The fourth-order valence-corrected chi connectivity index (χ4v) is 5.99. The van der Waals surface area contributed by atoms with Crippen LogP contribution < -0.4 is 9.62 Å². The predicted molar refractivity (Wildman–Crippen MR) is 96.1 cm³/mol. The van der Waals surface area contributed by atoms with Gasteiger partial charge in [-0.3, -0.25) is 9.10 Å². The van der Waals surface area contributed by atoms with Crippen LogP contribution in [0.1, 0.15) is 22.9 Å². The molecule has 24 heavy (non-hydrogen) atoms. The van der Waals surface area contributed by atoms with Gasteiger partial charge in [-0.2, -0.15) is 0 Å². The molecule has 0 unspecified atom stereocenters. The number of hydrogen-bond donors (Lipinski definition) is 1. The highest BCUT2D eigenvalue weighted by atomic mass is 32.2. The summed E-state index contributed by atoms with van der Waals surface area (Å²) >= 11 is 1.28. The molecule has 1 amide bonds. The third-order valence-electron chi connectivity index (χ3n) is 4.08. The van der Waals surface area contributed by atoms with E-state index in [1.807, 2.05) is 31.2 Å². The van der Waals surface area contributed by atoms with E-state index in [0.717, 1.165) is 28.1 Å². The third kappa shape index (κ3) is 3.18. The van der Waals surface area contributed by atoms with E-state index < -0.39 is 10.0 Å². The van der Waals surface area contributed by atoms with Gasteiger partial charge in [0.1, 0.15) is 4.21 Å². The van der Waals surface area contributed by atoms with Crippen molar-refractivity contribution in [1.82, 2.24) is 5.32 Å². The van der Waals surface area contributed by atoms with E-state index in [9.17, 15) is 13.2 Å². The molecule has 0 aliphatic carbocycles. The Hall–Kier alpha value is -1.86. The molecule has 0 radical (unpaired) electrons. The van der Waals surface area contributed by atoms with Gasteiger partial charge in [-0.05, 0) is 43.0 Å². The number of hydrogen-bond acceptors (Lipinski definition) is 4. The van der Waals surface area contributed by atoms with Gasteiger partial charge in [-0.1, -0.05) is 18.2 Å². The number of amides is 1. The summed E-state index contributed by atoms with van der Waals surface area (Å²) in [5.41, 5.74) is 2.89. The first-order chi connectivity index (χ1) is 11.4. The van der Waals surface area contributed by atoms with E-state index in [-0.39, 0.29) is 5.91 Å². The number of benzene rings is 1. The molecule has 0 atom stereocenters. The Balaban J connectivity index is 1.83. The number of anilines is 1. The summed E-state index contributed by atoms with van der Waals surface area (Å²) in [7, 11) is -3.53. The fourth-order valence-electron chi connectivity index (χ4n) is 2.95. The highest BCUT2D eigenvalue weighted by molar-refractivity contribution is 7.94. The predicted octanol–water partition coefficient (Wildman–Crippen LogP) is 2.49. The van der Waals surface area contributed by atoms with Crippen LogP contribution in [0.3, 0.4) is 0 Å². The molecule has 2 aromatic rings. The Morgan fingerprint density at radius 2 is 2.08 bits per heavy atom. The largest absolute Gasteiger partial charge is 0.356 e. The molecule has 3 rings (SSSR count). The number of aryl methyl sites for hydroxylation is 1. The van der Waals surface area contributed by atoms with Crippen molar-refractivity contribution in [3.63, 3.8) is 0 Å². The number of para-hydroxylation sites is 1. The van der Waals surface area contributed by atoms with Crippen LogP contribution in [0.4, 0.5) is 5.69 Å². The molecule has 7 heteroatoms. The van der Waals surface area contributed by atoms with Crippen molar-refractivity contribution in [1.29, 1.82) is 0 Å². The number of thiophene rings is 1. The molecule has 128 valence electrons. The molecule has 0 bridgehead atoms. The zero-order valence-corrected chi connectivity index (χ0v) is 15.3. The van der Waals surface area contributed by atoms with Crippen LogP contribution in [0.2, 0.25) is 0 Å². The molecule has 1 aromatic heterocycles. The molecule has 1 aliphatic heterocycles. The highest BCUT2D eigenvalue weighted by Gasteiger charge is 2.32. The van der Waals surface area contributed by atoms with Gasteiger partial charge in [0.2, 0.25) is 5.91 Å². The van der Waals surface area contributed by atoms with E-state index in [0.29, 0.717) is 23.7 Å². The van der Waals surface area contributed by atoms with Crippen molar-refractivity contribution in [2.24, 2.45) is 0 Å². The Morgan fingerprint density at radius 3 is 2.83 bits per heavy atom. The zero-order valence-electron chi connectivity index (χ0n) is 13.7. The van der Waals surface area contributed by atoms with Crippen LogP contribution in [0, 0.1) is 6.92 Å². The standard InChI is InChI=1S/C17H20N2O3S2/c1-12-4-3-5-14-9-11-19(17(12)14)24(21,22)16-7-6-15(23-16)8-10-18-13(2)20/h3-7H,8-11H2,1-2H3,(H,18,20). The van der Waals surface area contributed by atoms with Crippen LogP contribution in [0.15, 0.2) is 34.5 Å². The van der Waals surface area contributed by atoms with Gasteiger partial charge in [-0.25, -0.2) is 8.42 Å². The van der Waals surface area contributed by atoms with Crippen LogP contribution in [-0.4, -0.2) is 27.4 Å². The maximum Gasteiger partial charge on any atom is 0.273 e. The second-order valence-electron chi connectivity index (χ2n) is 5.86. The van der Waals surface area contributed by atoms with Gasteiger partial charge >= 0.3 is 0 Å². The molecule has 1 aromatic carbocycles. The van der Waals surface area contributed by atoms with Gasteiger partial charge in [0.15, 0.2) is 0 Å². The molecule has 5 nitrogen and oxygen atoms in total. The van der Waals surface area contributed by atoms with Crippen molar-refractivity contribution in [3.8, 4) is 0 Å². The molecule has 2 heterocycles. The van der Waals surface area contributed by atoms with Crippen molar-refractivity contribution in [2.75, 3.05) is 17.4 Å². The summed E-state index contributed by atoms with van der Waals surface area (Å²) in [6.07, 6.45) is 1.38. The molecule has 1 N–H and O–H groups in total. The van der Waals surface area contributed by atoms with Gasteiger partial charge < -0.3 is 5.32 Å². The van der Waals surface area contributed by atoms with Gasteiger partial charge in [0.05, 0.1) is 5.69 Å². The average molecular weight is 364 g/mol. The van der Waals surface area contributed by atoms with Crippen molar-refractivity contribution in [3.05, 3.63) is 46.3 Å². The second kappa shape index (κ2) is 6.57. The summed E-state index contributed by atoms with van der Waals surface area (Å²) in [6.45, 7) is 4.42. The Labute approximate surface area is 146 Å². The number of nitrogens with zero attached hydrogens (tertiary/aromatic N) is 1. The number of fused-ring (bicyclic) bond motifs is 1. The highest BCUT2D eigenvalue weighted by Crippen LogP contribution is 2.37. The minimum atomic E-state index is -3.53. The lowest BCUT2D eigenvalue weighted by molar-refractivity contribution is -0.118. The van der Waals surface area contributed by atoms with E-state index in [4.69, 9.17) is 0 Å². The summed E-state index contributed by atoms with van der Waals surface area (Å²) < 4.78 is 27.9. The van der Waals surface area contributed by atoms with Crippen LogP contribution in [0.25, 0.3) is 0 Å². The summed E-state index contributed by atoms with van der Waals surface area (Å²) in [5.74, 6) is -0.0800. The minimum Gasteiger partial charge on any atom is -0.356 e. The van der Waals surface area contributed by atoms with E-state index in [1.54, 1.807) is 6.07 Å². The van der Waals surface area contributed by atoms with Crippen LogP contribution in [0.5, 0.6) is 0 Å². The average Bonchev–Trinajstić information content (AvgIpc) is 3.14. The third-order valence-corrected chi connectivity index (χ3v) is 7.49. The van der Waals surface area contributed by atoms with E-state index in [1.165, 1.54) is 22.6 Å². The first kappa shape index (κ1) is 17.0. The molecule has 0 fully saturated rings. The molecule has 1 aliphatic rings. The lowest BCUT2D eigenvalue weighted by atomic mass is 10.1. The number of sulfonamides is 1. The first-order valence-electron chi connectivity index (χ1n) is 7.84. The van der Waals surface area contributed by atoms with E-state index in [2.05, 4.69) is 5.32 Å². The topological polar surface area (TPSA) is 66.5 Å². The number of rotatable bonds is 5.